The minimum Gasteiger partial charge on any atom is -0.324 e. The van der Waals surface area contributed by atoms with Gasteiger partial charge in [-0.25, -0.2) is 4.79 Å². The van der Waals surface area contributed by atoms with Gasteiger partial charge in [0.15, 0.2) is 0 Å². The molecule has 1 aromatic rings. The highest BCUT2D eigenvalue weighted by Gasteiger charge is 2.50. The molecule has 1 saturated heterocycles. The van der Waals surface area contributed by atoms with E-state index in [1.807, 2.05) is 32.0 Å². The Morgan fingerprint density at radius 2 is 1.61 bits per heavy atom. The summed E-state index contributed by atoms with van der Waals surface area (Å²) in [4.78, 5) is 39.4. The SMILES string of the molecule is CCc1cccc(CC)c1NC(=O)CN1C(=O)NC2(CCCCCCC2)C1=O. The number of aryl methyl sites for hydroxylation is 2. The number of carbonyl (C=O) groups excluding carboxylic acids is 3. The largest absolute Gasteiger partial charge is 0.325 e. The zero-order chi connectivity index (χ0) is 20.1. The van der Waals surface area contributed by atoms with E-state index in [0.717, 1.165) is 60.2 Å². The minimum absolute atomic E-state index is 0.242. The summed E-state index contributed by atoms with van der Waals surface area (Å²) < 4.78 is 0. The van der Waals surface area contributed by atoms with Gasteiger partial charge in [0, 0.05) is 5.69 Å². The Labute approximate surface area is 167 Å². The summed E-state index contributed by atoms with van der Waals surface area (Å²) in [6.07, 6.45) is 8.12. The number of hydrogen-bond acceptors (Lipinski definition) is 3. The molecule has 2 fully saturated rings. The molecule has 0 aromatic heterocycles. The topological polar surface area (TPSA) is 78.5 Å². The van der Waals surface area contributed by atoms with Crippen LogP contribution in [0.3, 0.4) is 0 Å². The van der Waals surface area contributed by atoms with Crippen LogP contribution in [-0.2, 0) is 22.4 Å². The summed E-state index contributed by atoms with van der Waals surface area (Å²) >= 11 is 0. The molecular formula is C22H31N3O3. The molecule has 1 spiro atoms. The Kier molecular flexibility index (Phi) is 6.37. The average molecular weight is 386 g/mol. The summed E-state index contributed by atoms with van der Waals surface area (Å²) in [5.74, 6) is -0.573. The smallest absolute Gasteiger partial charge is 0.324 e. The van der Waals surface area contributed by atoms with E-state index >= 15 is 0 Å². The predicted octanol–water partition coefficient (Wildman–Crippen LogP) is 3.78. The first-order chi connectivity index (χ1) is 13.5. The van der Waals surface area contributed by atoms with Crippen molar-refractivity contribution in [2.75, 3.05) is 11.9 Å². The molecule has 0 unspecified atom stereocenters. The summed E-state index contributed by atoms with van der Waals surface area (Å²) in [5, 5.41) is 5.86. The summed E-state index contributed by atoms with van der Waals surface area (Å²) in [6.45, 7) is 3.84. The van der Waals surface area contributed by atoms with Crippen LogP contribution in [0.1, 0.15) is 69.9 Å². The van der Waals surface area contributed by atoms with E-state index in [4.69, 9.17) is 0 Å². The zero-order valence-corrected chi connectivity index (χ0v) is 17.0. The highest BCUT2D eigenvalue weighted by molar-refractivity contribution is 6.10. The molecule has 6 nitrogen and oxygen atoms in total. The zero-order valence-electron chi connectivity index (χ0n) is 17.0. The fourth-order valence-electron chi connectivity index (χ4n) is 4.39. The van der Waals surface area contributed by atoms with Gasteiger partial charge < -0.3 is 10.6 Å². The third-order valence-electron chi connectivity index (χ3n) is 6.02. The Morgan fingerprint density at radius 3 is 2.18 bits per heavy atom. The van der Waals surface area contributed by atoms with Crippen molar-refractivity contribution in [3.05, 3.63) is 29.3 Å². The third-order valence-corrected chi connectivity index (χ3v) is 6.02. The van der Waals surface area contributed by atoms with Crippen molar-refractivity contribution in [2.45, 2.75) is 77.2 Å². The molecule has 2 N–H and O–H groups in total. The monoisotopic (exact) mass is 385 g/mol. The van der Waals surface area contributed by atoms with Gasteiger partial charge in [-0.1, -0.05) is 64.2 Å². The maximum atomic E-state index is 13.1. The van der Waals surface area contributed by atoms with Gasteiger partial charge in [0.2, 0.25) is 5.91 Å². The summed E-state index contributed by atoms with van der Waals surface area (Å²) in [6, 6.07) is 5.53. The molecule has 152 valence electrons. The van der Waals surface area contributed by atoms with Crippen molar-refractivity contribution in [3.8, 4) is 0 Å². The van der Waals surface area contributed by atoms with Crippen molar-refractivity contribution in [1.82, 2.24) is 10.2 Å². The van der Waals surface area contributed by atoms with Gasteiger partial charge in [0.1, 0.15) is 12.1 Å². The molecule has 1 aliphatic carbocycles. The van der Waals surface area contributed by atoms with Crippen molar-refractivity contribution < 1.29 is 14.4 Å². The molecule has 3 rings (SSSR count). The van der Waals surface area contributed by atoms with Gasteiger partial charge in [-0.2, -0.15) is 0 Å². The summed E-state index contributed by atoms with van der Waals surface area (Å²) in [5.41, 5.74) is 2.11. The molecule has 1 heterocycles. The van der Waals surface area contributed by atoms with Gasteiger partial charge in [-0.3, -0.25) is 14.5 Å². The van der Waals surface area contributed by atoms with Gasteiger partial charge in [-0.15, -0.1) is 0 Å². The highest BCUT2D eigenvalue weighted by atomic mass is 16.2. The normalized spacial score (nSPS) is 19.3. The number of anilines is 1. The Bertz CT molecular complexity index is 729. The van der Waals surface area contributed by atoms with E-state index < -0.39 is 11.6 Å². The van der Waals surface area contributed by atoms with Gasteiger partial charge in [-0.05, 0) is 36.8 Å². The van der Waals surface area contributed by atoms with Crippen LogP contribution in [0.5, 0.6) is 0 Å². The van der Waals surface area contributed by atoms with Crippen LogP contribution in [0.2, 0.25) is 0 Å². The first kappa shape index (κ1) is 20.4. The quantitative estimate of drug-likeness (QED) is 0.757. The molecule has 1 aromatic carbocycles. The lowest BCUT2D eigenvalue weighted by atomic mass is 9.84. The first-order valence-electron chi connectivity index (χ1n) is 10.6. The second-order valence-corrected chi connectivity index (χ2v) is 7.88. The lowest BCUT2D eigenvalue weighted by Crippen LogP contribution is -2.47. The van der Waals surface area contributed by atoms with Crippen molar-refractivity contribution >= 4 is 23.5 Å². The van der Waals surface area contributed by atoms with Crippen LogP contribution in [-0.4, -0.2) is 34.8 Å². The lowest BCUT2D eigenvalue weighted by molar-refractivity contribution is -0.134. The molecule has 0 atom stereocenters. The third kappa shape index (κ3) is 4.05. The standard InChI is InChI=1S/C22H31N3O3/c1-3-16-11-10-12-17(4-2)19(16)23-18(26)15-25-20(27)22(24-21(25)28)13-8-6-5-7-9-14-22/h10-12H,3-9,13-15H2,1-2H3,(H,23,26)(H,24,28). The molecule has 2 aliphatic rings. The van der Waals surface area contributed by atoms with Crippen molar-refractivity contribution in [1.29, 1.82) is 0 Å². The van der Waals surface area contributed by atoms with E-state index in [1.54, 1.807) is 0 Å². The number of benzene rings is 1. The van der Waals surface area contributed by atoms with Crippen LogP contribution < -0.4 is 10.6 Å². The number of nitrogens with zero attached hydrogens (tertiary/aromatic N) is 1. The van der Waals surface area contributed by atoms with Crippen molar-refractivity contribution in [3.63, 3.8) is 0 Å². The van der Waals surface area contributed by atoms with Gasteiger partial charge >= 0.3 is 6.03 Å². The molecule has 1 saturated carbocycles. The van der Waals surface area contributed by atoms with Crippen molar-refractivity contribution in [2.24, 2.45) is 0 Å². The van der Waals surface area contributed by atoms with Gasteiger partial charge in [0.25, 0.3) is 5.91 Å². The fraction of sp³-hybridized carbons (Fsp3) is 0.591. The van der Waals surface area contributed by atoms with E-state index in [9.17, 15) is 14.4 Å². The fourth-order valence-corrected chi connectivity index (χ4v) is 4.39. The van der Waals surface area contributed by atoms with Crippen LogP contribution in [0.25, 0.3) is 0 Å². The number of para-hydroxylation sites is 1. The number of rotatable bonds is 5. The average Bonchev–Trinajstić information content (AvgIpc) is 2.90. The molecule has 0 bridgehead atoms. The second-order valence-electron chi connectivity index (χ2n) is 7.88. The van der Waals surface area contributed by atoms with E-state index in [-0.39, 0.29) is 18.4 Å². The Morgan fingerprint density at radius 1 is 1.04 bits per heavy atom. The van der Waals surface area contributed by atoms with Crippen LogP contribution in [0, 0.1) is 0 Å². The number of imide groups is 1. The number of amides is 4. The molecule has 0 radical (unpaired) electrons. The number of urea groups is 1. The first-order valence-corrected chi connectivity index (χ1v) is 10.6. The van der Waals surface area contributed by atoms with E-state index in [2.05, 4.69) is 10.6 Å². The number of hydrogen-bond donors (Lipinski definition) is 2. The lowest BCUT2D eigenvalue weighted by Gasteiger charge is -2.28. The Balaban J connectivity index is 1.72. The number of carbonyl (C=O) groups is 3. The summed E-state index contributed by atoms with van der Waals surface area (Å²) in [7, 11) is 0. The molecule has 6 heteroatoms. The van der Waals surface area contributed by atoms with E-state index in [0.29, 0.717) is 12.8 Å². The maximum Gasteiger partial charge on any atom is 0.325 e. The maximum absolute atomic E-state index is 13.1. The highest BCUT2D eigenvalue weighted by Crippen LogP contribution is 2.32. The second kappa shape index (κ2) is 8.76. The van der Waals surface area contributed by atoms with Crippen LogP contribution in [0.15, 0.2) is 18.2 Å². The molecular weight excluding hydrogens is 354 g/mol. The minimum atomic E-state index is -0.812. The molecule has 28 heavy (non-hydrogen) atoms. The molecule has 1 aliphatic heterocycles. The van der Waals surface area contributed by atoms with Crippen LogP contribution in [0.4, 0.5) is 10.5 Å². The van der Waals surface area contributed by atoms with E-state index in [1.165, 1.54) is 6.42 Å². The number of nitrogens with one attached hydrogen (secondary N) is 2. The molecule has 4 amide bonds. The van der Waals surface area contributed by atoms with Crippen LogP contribution >= 0.6 is 0 Å². The van der Waals surface area contributed by atoms with Gasteiger partial charge in [0.05, 0.1) is 0 Å². The Hall–Kier alpha value is -2.37. The predicted molar refractivity (Wildman–Crippen MR) is 109 cm³/mol.